The molecule has 0 unspecified atom stereocenters. The van der Waals surface area contributed by atoms with Crippen LogP contribution in [0.4, 0.5) is 5.69 Å². The van der Waals surface area contributed by atoms with Crippen molar-refractivity contribution in [2.75, 3.05) is 31.5 Å². The lowest BCUT2D eigenvalue weighted by molar-refractivity contribution is -0.114. The fourth-order valence-corrected chi connectivity index (χ4v) is 2.78. The molecule has 130 valence electrons. The fourth-order valence-electron chi connectivity index (χ4n) is 2.78. The average Bonchev–Trinajstić information content (AvgIpc) is 3.15. The van der Waals surface area contributed by atoms with Crippen molar-refractivity contribution in [3.8, 4) is 0 Å². The maximum Gasteiger partial charge on any atom is 0.289 e. The number of benzene rings is 1. The first-order chi connectivity index (χ1) is 12.0. The van der Waals surface area contributed by atoms with Gasteiger partial charge in [-0.3, -0.25) is 14.4 Å². The monoisotopic (exact) mass is 341 g/mol. The van der Waals surface area contributed by atoms with E-state index in [1.165, 1.54) is 13.2 Å². The van der Waals surface area contributed by atoms with Crippen LogP contribution in [0.25, 0.3) is 0 Å². The highest BCUT2D eigenvalue weighted by Gasteiger charge is 2.26. The summed E-state index contributed by atoms with van der Waals surface area (Å²) in [5.41, 5.74) is 1.10. The van der Waals surface area contributed by atoms with Crippen molar-refractivity contribution >= 4 is 23.4 Å². The Morgan fingerprint density at radius 3 is 2.24 bits per heavy atom. The molecule has 1 aliphatic heterocycles. The van der Waals surface area contributed by atoms with E-state index >= 15 is 0 Å². The van der Waals surface area contributed by atoms with Gasteiger partial charge < -0.3 is 19.5 Å². The van der Waals surface area contributed by atoms with E-state index in [2.05, 4.69) is 5.32 Å². The predicted octanol–water partition coefficient (Wildman–Crippen LogP) is 1.84. The fraction of sp³-hybridized carbons (Fsp3) is 0.278. The first-order valence-corrected chi connectivity index (χ1v) is 8.04. The second kappa shape index (κ2) is 7.21. The topological polar surface area (TPSA) is 82.9 Å². The summed E-state index contributed by atoms with van der Waals surface area (Å²) in [6, 6.07) is 10.1. The average molecular weight is 341 g/mol. The highest BCUT2D eigenvalue weighted by Crippen LogP contribution is 2.15. The van der Waals surface area contributed by atoms with Crippen LogP contribution in [-0.2, 0) is 4.79 Å². The zero-order valence-corrected chi connectivity index (χ0v) is 13.9. The number of piperazine rings is 1. The van der Waals surface area contributed by atoms with E-state index in [1.54, 1.807) is 46.2 Å². The lowest BCUT2D eigenvalue weighted by Crippen LogP contribution is -2.50. The molecule has 0 spiro atoms. The second-order valence-electron chi connectivity index (χ2n) is 5.82. The predicted molar refractivity (Wildman–Crippen MR) is 91.3 cm³/mol. The largest absolute Gasteiger partial charge is 0.459 e. The number of anilines is 1. The van der Waals surface area contributed by atoms with Crippen LogP contribution in [0.5, 0.6) is 0 Å². The Bertz CT molecular complexity index is 777. The molecular weight excluding hydrogens is 322 g/mol. The Labute approximate surface area is 145 Å². The Balaban J connectivity index is 1.62. The molecule has 3 amide bonds. The van der Waals surface area contributed by atoms with Gasteiger partial charge in [0.25, 0.3) is 11.8 Å². The SMILES string of the molecule is CC(=O)Nc1cccc(C(=O)N2CCN(C(=O)c3ccco3)CC2)c1. The molecule has 3 rings (SSSR count). The van der Waals surface area contributed by atoms with Crippen LogP contribution in [0.2, 0.25) is 0 Å². The number of carbonyl (C=O) groups is 3. The maximum absolute atomic E-state index is 12.6. The molecule has 1 fully saturated rings. The van der Waals surface area contributed by atoms with Gasteiger partial charge in [-0.1, -0.05) is 6.07 Å². The smallest absolute Gasteiger partial charge is 0.289 e. The van der Waals surface area contributed by atoms with Crippen molar-refractivity contribution in [1.82, 2.24) is 9.80 Å². The number of hydrogen-bond acceptors (Lipinski definition) is 4. The third kappa shape index (κ3) is 3.88. The molecule has 1 aliphatic rings. The number of nitrogens with zero attached hydrogens (tertiary/aromatic N) is 2. The van der Waals surface area contributed by atoms with E-state index in [0.717, 1.165) is 0 Å². The van der Waals surface area contributed by atoms with Crippen molar-refractivity contribution in [2.24, 2.45) is 0 Å². The molecule has 7 heteroatoms. The van der Waals surface area contributed by atoms with E-state index in [-0.39, 0.29) is 17.7 Å². The Kier molecular flexibility index (Phi) is 4.83. The molecule has 1 saturated heterocycles. The number of hydrogen-bond donors (Lipinski definition) is 1. The lowest BCUT2D eigenvalue weighted by atomic mass is 10.1. The molecule has 1 aromatic heterocycles. The summed E-state index contributed by atoms with van der Waals surface area (Å²) >= 11 is 0. The first-order valence-electron chi connectivity index (χ1n) is 8.04. The van der Waals surface area contributed by atoms with Gasteiger partial charge in [-0.25, -0.2) is 0 Å². The Morgan fingerprint density at radius 2 is 1.64 bits per heavy atom. The van der Waals surface area contributed by atoms with Crippen LogP contribution in [0, 0.1) is 0 Å². The number of rotatable bonds is 3. The molecule has 1 aromatic carbocycles. The van der Waals surface area contributed by atoms with Gasteiger partial charge in [0.05, 0.1) is 6.26 Å². The molecule has 0 aliphatic carbocycles. The quantitative estimate of drug-likeness (QED) is 0.923. The van der Waals surface area contributed by atoms with Gasteiger partial charge in [0.1, 0.15) is 0 Å². The van der Waals surface area contributed by atoms with Crippen molar-refractivity contribution in [3.63, 3.8) is 0 Å². The summed E-state index contributed by atoms with van der Waals surface area (Å²) in [7, 11) is 0. The van der Waals surface area contributed by atoms with Gasteiger partial charge in [-0.2, -0.15) is 0 Å². The number of furan rings is 1. The van der Waals surface area contributed by atoms with Crippen molar-refractivity contribution in [1.29, 1.82) is 0 Å². The molecule has 0 saturated carbocycles. The summed E-state index contributed by atoms with van der Waals surface area (Å²) < 4.78 is 5.13. The number of carbonyl (C=O) groups excluding carboxylic acids is 3. The molecule has 0 atom stereocenters. The van der Waals surface area contributed by atoms with Gasteiger partial charge in [0.15, 0.2) is 5.76 Å². The second-order valence-corrected chi connectivity index (χ2v) is 5.82. The third-order valence-electron chi connectivity index (χ3n) is 4.02. The maximum atomic E-state index is 12.6. The van der Waals surface area contributed by atoms with Gasteiger partial charge in [-0.15, -0.1) is 0 Å². The molecule has 2 heterocycles. The normalized spacial score (nSPS) is 14.3. The van der Waals surface area contributed by atoms with Crippen molar-refractivity contribution < 1.29 is 18.8 Å². The highest BCUT2D eigenvalue weighted by molar-refractivity contribution is 5.97. The third-order valence-corrected chi connectivity index (χ3v) is 4.02. The molecule has 7 nitrogen and oxygen atoms in total. The van der Waals surface area contributed by atoms with E-state index in [4.69, 9.17) is 4.42 Å². The first kappa shape index (κ1) is 16.8. The summed E-state index contributed by atoms with van der Waals surface area (Å²) in [6.07, 6.45) is 1.47. The minimum atomic E-state index is -0.186. The molecule has 2 aromatic rings. The molecule has 0 bridgehead atoms. The summed E-state index contributed by atoms with van der Waals surface area (Å²) in [6.45, 7) is 3.24. The summed E-state index contributed by atoms with van der Waals surface area (Å²) in [5, 5.41) is 2.67. The highest BCUT2D eigenvalue weighted by atomic mass is 16.3. The number of amides is 3. The number of nitrogens with one attached hydrogen (secondary N) is 1. The van der Waals surface area contributed by atoms with Gasteiger partial charge in [-0.05, 0) is 30.3 Å². The van der Waals surface area contributed by atoms with E-state index in [0.29, 0.717) is 43.2 Å². The molecule has 1 N–H and O–H groups in total. The van der Waals surface area contributed by atoms with Gasteiger partial charge >= 0.3 is 0 Å². The van der Waals surface area contributed by atoms with Gasteiger partial charge in [0, 0.05) is 44.4 Å². The van der Waals surface area contributed by atoms with E-state index in [9.17, 15) is 14.4 Å². The van der Waals surface area contributed by atoms with E-state index < -0.39 is 0 Å². The van der Waals surface area contributed by atoms with Gasteiger partial charge in [0.2, 0.25) is 5.91 Å². The van der Waals surface area contributed by atoms with Crippen LogP contribution < -0.4 is 5.32 Å². The lowest BCUT2D eigenvalue weighted by Gasteiger charge is -2.34. The minimum Gasteiger partial charge on any atom is -0.459 e. The molecule has 25 heavy (non-hydrogen) atoms. The summed E-state index contributed by atoms with van der Waals surface area (Å²) in [4.78, 5) is 39.4. The molecular formula is C18H19N3O4. The zero-order valence-electron chi connectivity index (χ0n) is 13.9. The molecule has 0 radical (unpaired) electrons. The summed E-state index contributed by atoms with van der Waals surface area (Å²) in [5.74, 6) is -0.153. The van der Waals surface area contributed by atoms with Crippen LogP contribution >= 0.6 is 0 Å². The van der Waals surface area contributed by atoms with Crippen LogP contribution in [0.15, 0.2) is 47.1 Å². The Morgan fingerprint density at radius 1 is 0.960 bits per heavy atom. The minimum absolute atomic E-state index is 0.114. The van der Waals surface area contributed by atoms with Crippen molar-refractivity contribution in [2.45, 2.75) is 6.92 Å². The van der Waals surface area contributed by atoms with Crippen LogP contribution in [-0.4, -0.2) is 53.7 Å². The zero-order chi connectivity index (χ0) is 17.8. The standard InChI is InChI=1S/C18H19N3O4/c1-13(22)19-15-5-2-4-14(12-15)17(23)20-7-9-21(10-8-20)18(24)16-6-3-11-25-16/h2-6,11-12H,7-10H2,1H3,(H,19,22). The van der Waals surface area contributed by atoms with Crippen LogP contribution in [0.1, 0.15) is 27.8 Å². The van der Waals surface area contributed by atoms with Crippen LogP contribution in [0.3, 0.4) is 0 Å². The van der Waals surface area contributed by atoms with E-state index in [1.807, 2.05) is 0 Å². The van der Waals surface area contributed by atoms with Crippen molar-refractivity contribution in [3.05, 3.63) is 54.0 Å². The Hall–Kier alpha value is -3.09.